The average molecular weight is 306 g/mol. The second-order valence-corrected chi connectivity index (χ2v) is 5.43. The first kappa shape index (κ1) is 14.6. The van der Waals surface area contributed by atoms with E-state index in [9.17, 15) is 13.6 Å². The molecular weight excluding hydrogens is 290 g/mol. The highest BCUT2D eigenvalue weighted by atomic mass is 19.3. The summed E-state index contributed by atoms with van der Waals surface area (Å²) < 4.78 is 28.1. The number of nitrogens with zero attached hydrogens (tertiary/aromatic N) is 2. The first-order valence-corrected chi connectivity index (χ1v) is 6.94. The zero-order valence-corrected chi connectivity index (χ0v) is 12.0. The Morgan fingerprint density at radius 2 is 2.32 bits per heavy atom. The summed E-state index contributed by atoms with van der Waals surface area (Å²) in [7, 11) is 1.87. The molecule has 0 radical (unpaired) electrons. The molecular formula is C15H16F2N4O. The van der Waals surface area contributed by atoms with E-state index in [-0.39, 0.29) is 0 Å². The molecule has 2 N–H and O–H groups in total. The summed E-state index contributed by atoms with van der Waals surface area (Å²) in [4.78, 5) is 16.3. The van der Waals surface area contributed by atoms with Crippen LogP contribution < -0.4 is 10.6 Å². The Hall–Kier alpha value is -2.28. The van der Waals surface area contributed by atoms with Crippen LogP contribution in [0.1, 0.15) is 6.42 Å². The lowest BCUT2D eigenvalue weighted by molar-refractivity contribution is -0.118. The van der Waals surface area contributed by atoms with Crippen molar-refractivity contribution in [3.05, 3.63) is 36.7 Å². The summed E-state index contributed by atoms with van der Waals surface area (Å²) in [6.45, 7) is -0.460. The highest BCUT2D eigenvalue weighted by Crippen LogP contribution is 2.26. The maximum Gasteiger partial charge on any atom is 0.262 e. The second-order valence-electron chi connectivity index (χ2n) is 5.43. The molecule has 1 fully saturated rings. The number of aryl methyl sites for hydroxylation is 1. The van der Waals surface area contributed by atoms with Crippen molar-refractivity contribution in [1.82, 2.24) is 14.9 Å². The Bertz CT molecular complexity index is 698. The zero-order chi connectivity index (χ0) is 15.7. The second kappa shape index (κ2) is 5.49. The third-order valence-corrected chi connectivity index (χ3v) is 3.64. The van der Waals surface area contributed by atoms with Gasteiger partial charge in [0.1, 0.15) is 5.82 Å². The molecule has 7 heteroatoms. The third kappa shape index (κ3) is 2.99. The van der Waals surface area contributed by atoms with Crippen molar-refractivity contribution in [2.75, 3.05) is 11.9 Å². The fraction of sp³-hybridized carbons (Fsp3) is 0.333. The Balaban J connectivity index is 1.74. The van der Waals surface area contributed by atoms with Gasteiger partial charge < -0.3 is 9.88 Å². The SMILES string of the molecule is Cn1ccnc1-c1cccc(NC(=O)C2CC(F)(F)CN2)c1. The van der Waals surface area contributed by atoms with E-state index in [4.69, 9.17) is 0 Å². The molecule has 1 saturated heterocycles. The van der Waals surface area contributed by atoms with Crippen molar-refractivity contribution in [2.45, 2.75) is 18.4 Å². The van der Waals surface area contributed by atoms with Crippen LogP contribution in [0.4, 0.5) is 14.5 Å². The van der Waals surface area contributed by atoms with Crippen LogP contribution in [0.15, 0.2) is 36.7 Å². The van der Waals surface area contributed by atoms with Gasteiger partial charge >= 0.3 is 0 Å². The van der Waals surface area contributed by atoms with E-state index in [1.165, 1.54) is 0 Å². The first-order valence-electron chi connectivity index (χ1n) is 6.94. The van der Waals surface area contributed by atoms with Gasteiger partial charge in [0, 0.05) is 37.1 Å². The molecule has 1 aliphatic rings. The summed E-state index contributed by atoms with van der Waals surface area (Å²) in [6.07, 6.45) is 3.04. The molecule has 0 bridgehead atoms. The largest absolute Gasteiger partial charge is 0.334 e. The normalized spacial score (nSPS) is 20.0. The number of anilines is 1. The monoisotopic (exact) mass is 306 g/mol. The summed E-state index contributed by atoms with van der Waals surface area (Å²) >= 11 is 0. The molecule has 2 aromatic rings. The van der Waals surface area contributed by atoms with Crippen molar-refractivity contribution >= 4 is 11.6 Å². The van der Waals surface area contributed by atoms with E-state index in [1.54, 1.807) is 24.4 Å². The molecule has 3 rings (SSSR count). The van der Waals surface area contributed by atoms with Gasteiger partial charge in [-0.3, -0.25) is 10.1 Å². The van der Waals surface area contributed by atoms with Crippen molar-refractivity contribution in [3.63, 3.8) is 0 Å². The lowest BCUT2D eigenvalue weighted by Crippen LogP contribution is -2.35. The number of halogens is 2. The quantitative estimate of drug-likeness (QED) is 0.912. The van der Waals surface area contributed by atoms with E-state index in [2.05, 4.69) is 15.6 Å². The number of alkyl halides is 2. The molecule has 2 heterocycles. The summed E-state index contributed by atoms with van der Waals surface area (Å²) in [5, 5.41) is 5.21. The lowest BCUT2D eigenvalue weighted by Gasteiger charge is -2.12. The highest BCUT2D eigenvalue weighted by Gasteiger charge is 2.42. The molecule has 0 aliphatic carbocycles. The maximum absolute atomic E-state index is 13.1. The molecule has 1 aliphatic heterocycles. The Labute approximate surface area is 126 Å². The van der Waals surface area contributed by atoms with Gasteiger partial charge in [-0.2, -0.15) is 0 Å². The standard InChI is InChI=1S/C15H16F2N4O/c1-21-6-5-18-13(21)10-3-2-4-11(7-10)20-14(22)12-8-15(16,17)9-19-12/h2-7,12,19H,8-9H2,1H3,(H,20,22). The fourth-order valence-corrected chi connectivity index (χ4v) is 2.51. The summed E-state index contributed by atoms with van der Waals surface area (Å²) in [6, 6.07) is 6.29. The number of benzene rings is 1. The number of amides is 1. The molecule has 5 nitrogen and oxygen atoms in total. The van der Waals surface area contributed by atoms with Crippen LogP contribution in [0.5, 0.6) is 0 Å². The molecule has 0 spiro atoms. The van der Waals surface area contributed by atoms with Crippen LogP contribution in [-0.2, 0) is 11.8 Å². The molecule has 1 atom stereocenters. The van der Waals surface area contributed by atoms with Gasteiger partial charge in [-0.25, -0.2) is 13.8 Å². The van der Waals surface area contributed by atoms with Gasteiger partial charge in [-0.05, 0) is 12.1 Å². The summed E-state index contributed by atoms with van der Waals surface area (Å²) in [5.41, 5.74) is 1.40. The highest BCUT2D eigenvalue weighted by molar-refractivity contribution is 5.95. The minimum Gasteiger partial charge on any atom is -0.334 e. The predicted molar refractivity (Wildman–Crippen MR) is 78.6 cm³/mol. The topological polar surface area (TPSA) is 59.0 Å². The summed E-state index contributed by atoms with van der Waals surface area (Å²) in [5.74, 6) is -2.51. The minimum atomic E-state index is -2.82. The number of hydrogen-bond donors (Lipinski definition) is 2. The van der Waals surface area contributed by atoms with Crippen molar-refractivity contribution in [1.29, 1.82) is 0 Å². The number of hydrogen-bond acceptors (Lipinski definition) is 3. The number of imidazole rings is 1. The van der Waals surface area contributed by atoms with Gasteiger partial charge in [0.25, 0.3) is 5.92 Å². The van der Waals surface area contributed by atoms with E-state index in [1.807, 2.05) is 23.9 Å². The number of rotatable bonds is 3. The van der Waals surface area contributed by atoms with Crippen molar-refractivity contribution < 1.29 is 13.6 Å². The smallest absolute Gasteiger partial charge is 0.262 e. The molecule has 1 amide bonds. The van der Waals surface area contributed by atoms with Gasteiger partial charge in [0.05, 0.1) is 12.6 Å². The van der Waals surface area contributed by atoms with Crippen LogP contribution in [0.25, 0.3) is 11.4 Å². The number of carbonyl (C=O) groups excluding carboxylic acids is 1. The van der Waals surface area contributed by atoms with E-state index >= 15 is 0 Å². The Morgan fingerprint density at radius 3 is 2.95 bits per heavy atom. The molecule has 22 heavy (non-hydrogen) atoms. The molecule has 1 unspecified atom stereocenters. The molecule has 1 aromatic heterocycles. The lowest BCUT2D eigenvalue weighted by atomic mass is 10.1. The van der Waals surface area contributed by atoms with E-state index in [0.717, 1.165) is 11.4 Å². The predicted octanol–water partition coefficient (Wildman–Crippen LogP) is 2.02. The van der Waals surface area contributed by atoms with Gasteiger partial charge in [-0.15, -0.1) is 0 Å². The number of aromatic nitrogens is 2. The fourth-order valence-electron chi connectivity index (χ4n) is 2.51. The molecule has 1 aromatic carbocycles. The minimum absolute atomic E-state index is 0.450. The van der Waals surface area contributed by atoms with Gasteiger partial charge in [-0.1, -0.05) is 12.1 Å². The van der Waals surface area contributed by atoms with Gasteiger partial charge in [0.15, 0.2) is 0 Å². The first-order chi connectivity index (χ1) is 10.4. The Morgan fingerprint density at radius 1 is 1.50 bits per heavy atom. The van der Waals surface area contributed by atoms with Crippen LogP contribution in [0.3, 0.4) is 0 Å². The third-order valence-electron chi connectivity index (χ3n) is 3.64. The average Bonchev–Trinajstić information content (AvgIpc) is 3.05. The van der Waals surface area contributed by atoms with Crippen LogP contribution in [-0.4, -0.2) is 34.0 Å². The number of nitrogens with one attached hydrogen (secondary N) is 2. The van der Waals surface area contributed by atoms with Crippen LogP contribution in [0, 0.1) is 0 Å². The Kier molecular flexibility index (Phi) is 3.66. The molecule has 116 valence electrons. The van der Waals surface area contributed by atoms with Gasteiger partial charge in [0.2, 0.25) is 5.91 Å². The zero-order valence-electron chi connectivity index (χ0n) is 12.0. The van der Waals surface area contributed by atoms with Crippen LogP contribution in [0.2, 0.25) is 0 Å². The van der Waals surface area contributed by atoms with Crippen LogP contribution >= 0.6 is 0 Å². The maximum atomic E-state index is 13.1. The number of carbonyl (C=O) groups is 1. The van der Waals surface area contributed by atoms with Crippen molar-refractivity contribution in [2.24, 2.45) is 7.05 Å². The van der Waals surface area contributed by atoms with E-state index in [0.29, 0.717) is 5.69 Å². The molecule has 0 saturated carbocycles. The van der Waals surface area contributed by atoms with E-state index < -0.39 is 30.8 Å². The van der Waals surface area contributed by atoms with Crippen molar-refractivity contribution in [3.8, 4) is 11.4 Å².